The lowest BCUT2D eigenvalue weighted by molar-refractivity contribution is -0.905. The number of benzene rings is 2. The Morgan fingerprint density at radius 1 is 1.07 bits per heavy atom. The van der Waals surface area contributed by atoms with Crippen LogP contribution in [0.5, 0.6) is 0 Å². The Kier molecular flexibility index (Phi) is 11.8. The lowest BCUT2D eigenvalue weighted by Crippen LogP contribution is -3.13. The number of carbonyl (C=O) groups excluding carboxylic acids is 2. The highest BCUT2D eigenvalue weighted by Gasteiger charge is 2.33. The molecule has 2 amide bonds. The number of hydrogen-bond acceptors (Lipinski definition) is 5. The molecule has 0 aliphatic carbocycles. The van der Waals surface area contributed by atoms with Crippen molar-refractivity contribution in [3.8, 4) is 0 Å². The first-order valence-electron chi connectivity index (χ1n) is 14.1. The molecular weight excluding hydrogens is 620 g/mol. The number of piperidine rings is 1. The molecular formula is C30H38Cl4N5O3+. The topological polar surface area (TPSA) is 69.9 Å². The standard InChI is InChI=1S/C30H37Cl4N5O3/c1-36-12-13-39(29(40)19-36)24-6-9-38(10-7-24)11-8-25(20-4-5-26(33)27(34)16-20)28(35-42-3)18-37(2)30(41)21-14-22(31)17-23(32)15-21/h4-5,14-17,24-25H,6-13,18-19H2,1-3H3/p+1. The molecule has 0 radical (unpaired) electrons. The van der Waals surface area contributed by atoms with Crippen LogP contribution in [0.15, 0.2) is 41.6 Å². The number of halogens is 4. The van der Waals surface area contributed by atoms with Crippen molar-refractivity contribution in [3.05, 3.63) is 67.6 Å². The fraction of sp³-hybridized carbons (Fsp3) is 0.500. The van der Waals surface area contributed by atoms with Gasteiger partial charge in [0.15, 0.2) is 0 Å². The number of carbonyl (C=O) groups is 2. The maximum atomic E-state index is 13.3. The Morgan fingerprint density at radius 2 is 1.76 bits per heavy atom. The van der Waals surface area contributed by atoms with Crippen LogP contribution in [-0.4, -0.2) is 105 Å². The minimum Gasteiger partial charge on any atom is -0.399 e. The molecule has 228 valence electrons. The van der Waals surface area contributed by atoms with Gasteiger partial charge in [-0.3, -0.25) is 14.5 Å². The number of nitrogens with one attached hydrogen (secondary N) is 1. The Labute approximate surface area is 268 Å². The van der Waals surface area contributed by atoms with Crippen molar-refractivity contribution in [1.82, 2.24) is 14.7 Å². The summed E-state index contributed by atoms with van der Waals surface area (Å²) < 4.78 is 0. The van der Waals surface area contributed by atoms with Crippen molar-refractivity contribution in [2.75, 3.05) is 67.0 Å². The smallest absolute Gasteiger partial charge is 0.254 e. The van der Waals surface area contributed by atoms with Crippen molar-refractivity contribution in [2.45, 2.75) is 31.2 Å². The third kappa shape index (κ3) is 8.52. The summed E-state index contributed by atoms with van der Waals surface area (Å²) in [7, 11) is 5.21. The van der Waals surface area contributed by atoms with E-state index >= 15 is 0 Å². The van der Waals surface area contributed by atoms with E-state index in [0.717, 1.165) is 57.5 Å². The summed E-state index contributed by atoms with van der Waals surface area (Å²) in [5.41, 5.74) is 2.03. The summed E-state index contributed by atoms with van der Waals surface area (Å²) in [5.74, 6) is -0.166. The first-order chi connectivity index (χ1) is 20.0. The van der Waals surface area contributed by atoms with Crippen LogP contribution < -0.4 is 4.90 Å². The second-order valence-corrected chi connectivity index (χ2v) is 12.8. The number of likely N-dealkylation sites (N-methyl/N-ethyl adjacent to an activating group) is 1. The maximum Gasteiger partial charge on any atom is 0.254 e. The van der Waals surface area contributed by atoms with E-state index in [4.69, 9.17) is 51.2 Å². The highest BCUT2D eigenvalue weighted by molar-refractivity contribution is 6.42. The summed E-state index contributed by atoms with van der Waals surface area (Å²) >= 11 is 25.0. The highest BCUT2D eigenvalue weighted by Crippen LogP contribution is 2.30. The predicted octanol–water partition coefficient (Wildman–Crippen LogP) is 4.37. The molecule has 2 aliphatic rings. The molecule has 2 aliphatic heterocycles. The van der Waals surface area contributed by atoms with Crippen LogP contribution in [0.3, 0.4) is 0 Å². The van der Waals surface area contributed by atoms with Gasteiger partial charge in [-0.2, -0.15) is 0 Å². The molecule has 2 saturated heterocycles. The molecule has 0 saturated carbocycles. The van der Waals surface area contributed by atoms with E-state index in [1.54, 1.807) is 36.2 Å². The van der Waals surface area contributed by atoms with Gasteiger partial charge in [0.25, 0.3) is 5.91 Å². The van der Waals surface area contributed by atoms with Crippen LogP contribution in [0, 0.1) is 0 Å². The average Bonchev–Trinajstić information content (AvgIpc) is 2.94. The van der Waals surface area contributed by atoms with Gasteiger partial charge in [0.2, 0.25) is 5.91 Å². The van der Waals surface area contributed by atoms with Crippen molar-refractivity contribution in [2.24, 2.45) is 5.16 Å². The van der Waals surface area contributed by atoms with Crippen LogP contribution in [0.4, 0.5) is 0 Å². The van der Waals surface area contributed by atoms with Crippen LogP contribution in [0.2, 0.25) is 20.1 Å². The molecule has 0 spiro atoms. The minimum atomic E-state index is -0.234. The zero-order chi connectivity index (χ0) is 30.4. The largest absolute Gasteiger partial charge is 0.399 e. The molecule has 1 atom stereocenters. The number of piperazine rings is 1. The van der Waals surface area contributed by atoms with Crippen LogP contribution in [-0.2, 0) is 9.63 Å². The van der Waals surface area contributed by atoms with Crippen LogP contribution in [0.25, 0.3) is 0 Å². The fourth-order valence-electron chi connectivity index (χ4n) is 5.90. The lowest BCUT2D eigenvalue weighted by Gasteiger charge is -2.40. The van der Waals surface area contributed by atoms with E-state index in [1.807, 2.05) is 19.2 Å². The number of hydrogen-bond donors (Lipinski definition) is 1. The van der Waals surface area contributed by atoms with E-state index in [0.29, 0.717) is 44.0 Å². The molecule has 4 rings (SSSR count). The van der Waals surface area contributed by atoms with Gasteiger partial charge in [-0.15, -0.1) is 0 Å². The highest BCUT2D eigenvalue weighted by atomic mass is 35.5. The van der Waals surface area contributed by atoms with Crippen LogP contribution >= 0.6 is 46.4 Å². The van der Waals surface area contributed by atoms with E-state index in [1.165, 1.54) is 12.0 Å². The quantitative estimate of drug-likeness (QED) is 0.305. The molecule has 0 bridgehead atoms. The van der Waals surface area contributed by atoms with Gasteiger partial charge in [0, 0.05) is 67.0 Å². The Balaban J connectivity index is 1.47. The molecule has 42 heavy (non-hydrogen) atoms. The van der Waals surface area contributed by atoms with E-state index in [9.17, 15) is 9.59 Å². The maximum absolute atomic E-state index is 13.3. The van der Waals surface area contributed by atoms with Gasteiger partial charge in [0.1, 0.15) is 7.11 Å². The van der Waals surface area contributed by atoms with E-state index < -0.39 is 0 Å². The zero-order valence-corrected chi connectivity index (χ0v) is 27.2. The molecule has 1 N–H and O–H groups in total. The molecule has 2 fully saturated rings. The Bertz CT molecular complexity index is 1280. The molecule has 1 unspecified atom stereocenters. The Morgan fingerprint density at radius 3 is 2.38 bits per heavy atom. The van der Waals surface area contributed by atoms with Crippen LogP contribution in [0.1, 0.15) is 41.1 Å². The molecule has 2 heterocycles. The molecule has 2 aromatic rings. The van der Waals surface area contributed by atoms with Gasteiger partial charge in [-0.1, -0.05) is 57.6 Å². The number of nitrogens with zero attached hydrogens (tertiary/aromatic N) is 4. The van der Waals surface area contributed by atoms with Crippen molar-refractivity contribution < 1.29 is 19.3 Å². The monoisotopic (exact) mass is 656 g/mol. The van der Waals surface area contributed by atoms with E-state index in [2.05, 4.69) is 15.0 Å². The molecule has 8 nitrogen and oxygen atoms in total. The molecule has 12 heteroatoms. The summed E-state index contributed by atoms with van der Waals surface area (Å²) in [6.45, 7) is 5.32. The number of likely N-dealkylation sites (tertiary alicyclic amines) is 1. The third-order valence-corrected chi connectivity index (χ3v) is 9.33. The van der Waals surface area contributed by atoms with Crippen molar-refractivity contribution in [3.63, 3.8) is 0 Å². The number of quaternary nitrogens is 1. The minimum absolute atomic E-state index is 0.164. The second kappa shape index (κ2) is 15.1. The predicted molar refractivity (Wildman–Crippen MR) is 169 cm³/mol. The first kappa shape index (κ1) is 32.8. The lowest BCUT2D eigenvalue weighted by atomic mass is 9.89. The summed E-state index contributed by atoms with van der Waals surface area (Å²) in [6.07, 6.45) is 2.74. The summed E-state index contributed by atoms with van der Waals surface area (Å²) in [6, 6.07) is 10.7. The second-order valence-electron chi connectivity index (χ2n) is 11.2. The van der Waals surface area contributed by atoms with Crippen molar-refractivity contribution in [1.29, 1.82) is 0 Å². The third-order valence-electron chi connectivity index (χ3n) is 8.15. The number of oxime groups is 1. The van der Waals surface area contributed by atoms with Gasteiger partial charge < -0.3 is 19.5 Å². The normalized spacial score (nSPS) is 20.9. The average molecular weight is 658 g/mol. The van der Waals surface area contributed by atoms with Crippen molar-refractivity contribution >= 4 is 63.9 Å². The number of rotatable bonds is 10. The van der Waals surface area contributed by atoms with Gasteiger partial charge >= 0.3 is 0 Å². The van der Waals surface area contributed by atoms with Gasteiger partial charge in [-0.05, 0) is 42.9 Å². The first-order valence-corrected chi connectivity index (χ1v) is 15.6. The van der Waals surface area contributed by atoms with E-state index in [-0.39, 0.29) is 24.3 Å². The van der Waals surface area contributed by atoms with Gasteiger partial charge in [-0.25, -0.2) is 0 Å². The number of amides is 2. The fourth-order valence-corrected chi connectivity index (χ4v) is 6.73. The zero-order valence-electron chi connectivity index (χ0n) is 24.2. The Hall–Kier alpha value is -2.07. The summed E-state index contributed by atoms with van der Waals surface area (Å²) in [4.78, 5) is 38.4. The van der Waals surface area contributed by atoms with Gasteiger partial charge in [0.05, 0.1) is 48.5 Å². The summed E-state index contributed by atoms with van der Waals surface area (Å²) in [5, 5.41) is 6.11. The molecule has 2 aromatic carbocycles. The SMILES string of the molecule is CON=C(CN(C)C(=O)c1cc(Cl)cc(Cl)c1)C(CC[NH+]1CCC(N2CCN(C)CC2=O)CC1)c1ccc(Cl)c(Cl)c1. The molecule has 0 aromatic heterocycles.